The van der Waals surface area contributed by atoms with Crippen molar-refractivity contribution in [2.45, 2.75) is 32.3 Å². The quantitative estimate of drug-likeness (QED) is 0.714. The van der Waals surface area contributed by atoms with Gasteiger partial charge in [0, 0.05) is 22.7 Å². The number of hydrogen-bond acceptors (Lipinski definition) is 4. The first-order valence-corrected chi connectivity index (χ1v) is 9.61. The second-order valence-electron chi connectivity index (χ2n) is 7.15. The predicted molar refractivity (Wildman–Crippen MR) is 106 cm³/mol. The van der Waals surface area contributed by atoms with Crippen molar-refractivity contribution >= 4 is 24.2 Å². The molecule has 0 fully saturated rings. The van der Waals surface area contributed by atoms with E-state index in [1.54, 1.807) is 0 Å². The number of aryl methyl sites for hydroxylation is 1. The van der Waals surface area contributed by atoms with Gasteiger partial charge < -0.3 is 9.68 Å². The number of nitrogens with zero attached hydrogens (tertiary/aromatic N) is 2. The monoisotopic (exact) mass is 376 g/mol. The second-order valence-corrected chi connectivity index (χ2v) is 7.59. The SMILES string of the molecule is OB1OCc2cc(Cc3nc(-c4ccc(Cl)cc4)nc4c3CCC4)ccc21. The van der Waals surface area contributed by atoms with Crippen LogP contribution in [0.2, 0.25) is 5.02 Å². The topological polar surface area (TPSA) is 55.2 Å². The van der Waals surface area contributed by atoms with E-state index in [9.17, 15) is 5.02 Å². The number of benzene rings is 2. The van der Waals surface area contributed by atoms with Crippen molar-refractivity contribution in [1.82, 2.24) is 9.97 Å². The summed E-state index contributed by atoms with van der Waals surface area (Å²) in [6, 6.07) is 13.8. The summed E-state index contributed by atoms with van der Waals surface area (Å²) in [6.07, 6.45) is 3.94. The molecule has 4 nitrogen and oxygen atoms in total. The fraction of sp³-hybridized carbons (Fsp3) is 0.238. The number of halogens is 1. The van der Waals surface area contributed by atoms with Crippen molar-refractivity contribution in [1.29, 1.82) is 0 Å². The highest BCUT2D eigenvalue weighted by Gasteiger charge is 2.27. The van der Waals surface area contributed by atoms with Gasteiger partial charge in [-0.05, 0) is 65.7 Å². The molecule has 1 aromatic heterocycles. The highest BCUT2D eigenvalue weighted by Crippen LogP contribution is 2.28. The molecule has 0 unspecified atom stereocenters. The molecule has 134 valence electrons. The Morgan fingerprint density at radius 1 is 1.07 bits per heavy atom. The van der Waals surface area contributed by atoms with Gasteiger partial charge in [-0.15, -0.1) is 0 Å². The van der Waals surface area contributed by atoms with Gasteiger partial charge in [0.15, 0.2) is 5.82 Å². The summed E-state index contributed by atoms with van der Waals surface area (Å²) < 4.78 is 5.31. The maximum atomic E-state index is 9.82. The van der Waals surface area contributed by atoms with E-state index in [2.05, 4.69) is 12.1 Å². The summed E-state index contributed by atoms with van der Waals surface area (Å²) in [7, 11) is -0.797. The van der Waals surface area contributed by atoms with E-state index in [0.717, 1.165) is 53.8 Å². The van der Waals surface area contributed by atoms with Crippen LogP contribution >= 0.6 is 11.6 Å². The van der Waals surface area contributed by atoms with E-state index < -0.39 is 7.12 Å². The van der Waals surface area contributed by atoms with Crippen molar-refractivity contribution in [2.75, 3.05) is 0 Å². The largest absolute Gasteiger partial charge is 0.491 e. The van der Waals surface area contributed by atoms with Gasteiger partial charge in [0.25, 0.3) is 0 Å². The van der Waals surface area contributed by atoms with E-state index in [1.807, 2.05) is 30.3 Å². The maximum Gasteiger partial charge on any atom is 0.491 e. The number of aromatic nitrogens is 2. The molecular weight excluding hydrogens is 359 g/mol. The molecule has 0 saturated carbocycles. The van der Waals surface area contributed by atoms with Crippen LogP contribution < -0.4 is 5.46 Å². The lowest BCUT2D eigenvalue weighted by Gasteiger charge is -2.11. The van der Waals surface area contributed by atoms with Gasteiger partial charge in [-0.2, -0.15) is 0 Å². The van der Waals surface area contributed by atoms with Crippen molar-refractivity contribution < 1.29 is 9.68 Å². The summed E-state index contributed by atoms with van der Waals surface area (Å²) in [4.78, 5) is 9.73. The molecule has 3 aromatic rings. The minimum atomic E-state index is -0.797. The zero-order valence-electron chi connectivity index (χ0n) is 14.8. The smallest absolute Gasteiger partial charge is 0.423 e. The lowest BCUT2D eigenvalue weighted by atomic mass is 9.79. The summed E-state index contributed by atoms with van der Waals surface area (Å²) in [6.45, 7) is 0.461. The number of rotatable bonds is 3. The molecule has 5 rings (SSSR count). The first-order chi connectivity index (χ1) is 13.2. The van der Waals surface area contributed by atoms with Crippen LogP contribution in [0, 0.1) is 0 Å². The molecule has 2 aliphatic rings. The average Bonchev–Trinajstić information content (AvgIpc) is 3.29. The molecule has 27 heavy (non-hydrogen) atoms. The highest BCUT2D eigenvalue weighted by molar-refractivity contribution is 6.61. The standard InChI is InChI=1S/C21H18BClN2O2/c23-16-7-5-14(6-8-16)21-24-19-3-1-2-17(19)20(25-21)11-13-4-9-18-15(10-13)12-27-22(18)26/h4-10,26H,1-3,11-12H2. The molecule has 1 aliphatic heterocycles. The molecule has 2 heterocycles. The average molecular weight is 377 g/mol. The molecular formula is C21H18BClN2O2. The second kappa shape index (κ2) is 6.75. The lowest BCUT2D eigenvalue weighted by molar-refractivity contribution is 0.275. The Morgan fingerprint density at radius 2 is 1.93 bits per heavy atom. The maximum absolute atomic E-state index is 9.82. The minimum Gasteiger partial charge on any atom is -0.423 e. The molecule has 1 N–H and O–H groups in total. The Hall–Kier alpha value is -2.21. The Balaban J connectivity index is 1.53. The third-order valence-electron chi connectivity index (χ3n) is 5.36. The minimum absolute atomic E-state index is 0.461. The lowest BCUT2D eigenvalue weighted by Crippen LogP contribution is -2.27. The van der Waals surface area contributed by atoms with Crippen LogP contribution in [0.15, 0.2) is 42.5 Å². The molecule has 0 atom stereocenters. The number of hydrogen-bond donors (Lipinski definition) is 1. The van der Waals surface area contributed by atoms with Gasteiger partial charge in [0.05, 0.1) is 12.3 Å². The third kappa shape index (κ3) is 3.16. The first-order valence-electron chi connectivity index (χ1n) is 9.23. The molecule has 0 spiro atoms. The molecule has 2 aromatic carbocycles. The van der Waals surface area contributed by atoms with Crippen LogP contribution in [-0.4, -0.2) is 22.1 Å². The van der Waals surface area contributed by atoms with Crippen LogP contribution in [0.5, 0.6) is 0 Å². The molecule has 0 radical (unpaired) electrons. The molecule has 0 bridgehead atoms. The van der Waals surface area contributed by atoms with E-state index in [4.69, 9.17) is 26.2 Å². The van der Waals surface area contributed by atoms with Gasteiger partial charge in [0.1, 0.15) is 0 Å². The first kappa shape index (κ1) is 16.9. The zero-order valence-corrected chi connectivity index (χ0v) is 15.5. The highest BCUT2D eigenvalue weighted by atomic mass is 35.5. The van der Waals surface area contributed by atoms with Gasteiger partial charge >= 0.3 is 7.12 Å². The molecule has 6 heteroatoms. The summed E-state index contributed by atoms with van der Waals surface area (Å²) >= 11 is 6.02. The van der Waals surface area contributed by atoms with Crippen LogP contribution in [0.3, 0.4) is 0 Å². The summed E-state index contributed by atoms with van der Waals surface area (Å²) in [5, 5.41) is 10.5. The van der Waals surface area contributed by atoms with Gasteiger partial charge in [-0.3, -0.25) is 0 Å². The van der Waals surface area contributed by atoms with Crippen molar-refractivity contribution in [2.24, 2.45) is 0 Å². The van der Waals surface area contributed by atoms with Gasteiger partial charge in [0.2, 0.25) is 0 Å². The Labute approximate surface area is 163 Å². The number of fused-ring (bicyclic) bond motifs is 2. The van der Waals surface area contributed by atoms with Crippen LogP contribution in [0.25, 0.3) is 11.4 Å². The van der Waals surface area contributed by atoms with Crippen LogP contribution in [0.4, 0.5) is 0 Å². The zero-order chi connectivity index (χ0) is 18.4. The predicted octanol–water partition coefficient (Wildman–Crippen LogP) is 3.09. The normalized spacial score (nSPS) is 15.1. The van der Waals surface area contributed by atoms with E-state index in [1.165, 1.54) is 16.8 Å². The summed E-state index contributed by atoms with van der Waals surface area (Å²) in [5.74, 6) is 0.766. The van der Waals surface area contributed by atoms with E-state index >= 15 is 0 Å². The third-order valence-corrected chi connectivity index (χ3v) is 5.61. The molecule has 0 saturated heterocycles. The molecule has 1 aliphatic carbocycles. The fourth-order valence-corrected chi connectivity index (χ4v) is 4.10. The van der Waals surface area contributed by atoms with Crippen molar-refractivity contribution in [3.63, 3.8) is 0 Å². The van der Waals surface area contributed by atoms with Crippen LogP contribution in [-0.2, 0) is 30.5 Å². The van der Waals surface area contributed by atoms with E-state index in [0.29, 0.717) is 11.6 Å². The van der Waals surface area contributed by atoms with Gasteiger partial charge in [-0.1, -0.05) is 29.8 Å². The van der Waals surface area contributed by atoms with Crippen molar-refractivity contribution in [3.05, 3.63) is 75.6 Å². The Bertz CT molecular complexity index is 1020. The summed E-state index contributed by atoms with van der Waals surface area (Å²) in [5.41, 5.74) is 7.66. The Kier molecular flexibility index (Phi) is 4.23. The van der Waals surface area contributed by atoms with Gasteiger partial charge in [-0.25, -0.2) is 9.97 Å². The fourth-order valence-electron chi connectivity index (χ4n) is 3.97. The van der Waals surface area contributed by atoms with Crippen molar-refractivity contribution in [3.8, 4) is 11.4 Å². The Morgan fingerprint density at radius 3 is 2.78 bits per heavy atom. The van der Waals surface area contributed by atoms with Crippen LogP contribution in [0.1, 0.15) is 34.5 Å². The van der Waals surface area contributed by atoms with E-state index in [-0.39, 0.29) is 0 Å². The molecule has 0 amide bonds.